The molecule has 0 aromatic heterocycles. The van der Waals surface area contributed by atoms with Crippen molar-refractivity contribution in [3.05, 3.63) is 53.6 Å². The van der Waals surface area contributed by atoms with Crippen molar-refractivity contribution in [2.45, 2.75) is 12.8 Å². The van der Waals surface area contributed by atoms with Gasteiger partial charge in [-0.05, 0) is 41.8 Å². The maximum Gasteiger partial charge on any atom is 0.249 e. The van der Waals surface area contributed by atoms with E-state index in [9.17, 15) is 9.59 Å². The summed E-state index contributed by atoms with van der Waals surface area (Å²) >= 11 is 0. The van der Waals surface area contributed by atoms with Gasteiger partial charge in [0, 0.05) is 26.3 Å². The average molecular weight is 412 g/mol. The number of hydrogen-bond donors (Lipinski definition) is 2. The molecule has 0 aliphatic heterocycles. The molecule has 0 saturated carbocycles. The molecule has 0 spiro atoms. The van der Waals surface area contributed by atoms with Crippen molar-refractivity contribution < 1.29 is 19.1 Å². The van der Waals surface area contributed by atoms with Crippen molar-refractivity contribution in [1.82, 2.24) is 10.7 Å². The van der Waals surface area contributed by atoms with Gasteiger partial charge in [0.1, 0.15) is 6.42 Å². The first kappa shape index (κ1) is 22.7. The van der Waals surface area contributed by atoms with Crippen LogP contribution in [-0.2, 0) is 16.0 Å². The molecule has 30 heavy (non-hydrogen) atoms. The summed E-state index contributed by atoms with van der Waals surface area (Å²) < 4.78 is 10.5. The third-order valence-electron chi connectivity index (χ3n) is 4.32. The Kier molecular flexibility index (Phi) is 8.68. The molecule has 0 radical (unpaired) electrons. The average Bonchev–Trinajstić information content (AvgIpc) is 2.73. The fourth-order valence-electron chi connectivity index (χ4n) is 2.67. The molecular weight excluding hydrogens is 384 g/mol. The van der Waals surface area contributed by atoms with Crippen LogP contribution in [0.5, 0.6) is 11.5 Å². The van der Waals surface area contributed by atoms with E-state index in [0.29, 0.717) is 24.5 Å². The monoisotopic (exact) mass is 412 g/mol. The minimum Gasteiger partial charge on any atom is -0.493 e. The highest BCUT2D eigenvalue weighted by Gasteiger charge is 2.09. The first-order valence-electron chi connectivity index (χ1n) is 9.50. The van der Waals surface area contributed by atoms with Crippen molar-refractivity contribution in [3.8, 4) is 11.5 Å². The van der Waals surface area contributed by atoms with Gasteiger partial charge in [0.25, 0.3) is 0 Å². The summed E-state index contributed by atoms with van der Waals surface area (Å²) in [7, 11) is 7.07. The predicted octanol–water partition coefficient (Wildman–Crippen LogP) is 1.97. The van der Waals surface area contributed by atoms with Gasteiger partial charge in [-0.1, -0.05) is 18.2 Å². The Morgan fingerprint density at radius 1 is 1.00 bits per heavy atom. The first-order valence-corrected chi connectivity index (χ1v) is 9.50. The highest BCUT2D eigenvalue weighted by Crippen LogP contribution is 2.27. The molecule has 2 amide bonds. The van der Waals surface area contributed by atoms with E-state index < -0.39 is 5.91 Å². The summed E-state index contributed by atoms with van der Waals surface area (Å²) in [6, 6.07) is 13.3. The quantitative estimate of drug-likeness (QED) is 0.354. The number of rotatable bonds is 10. The summed E-state index contributed by atoms with van der Waals surface area (Å²) in [5.41, 5.74) is 5.27. The van der Waals surface area contributed by atoms with Crippen LogP contribution in [-0.4, -0.2) is 52.9 Å². The Morgan fingerprint density at radius 2 is 1.70 bits per heavy atom. The summed E-state index contributed by atoms with van der Waals surface area (Å²) in [5, 5.41) is 6.61. The van der Waals surface area contributed by atoms with E-state index in [1.54, 1.807) is 14.2 Å². The number of hydrazone groups is 1. The molecule has 0 unspecified atom stereocenters. The molecule has 0 aliphatic carbocycles. The minimum absolute atomic E-state index is 0.289. The van der Waals surface area contributed by atoms with Gasteiger partial charge in [0.2, 0.25) is 11.8 Å². The smallest absolute Gasteiger partial charge is 0.249 e. The van der Waals surface area contributed by atoms with Crippen molar-refractivity contribution in [3.63, 3.8) is 0 Å². The fourth-order valence-corrected chi connectivity index (χ4v) is 2.67. The lowest BCUT2D eigenvalue weighted by molar-refractivity contribution is -0.129. The van der Waals surface area contributed by atoms with Crippen LogP contribution in [0.4, 0.5) is 5.69 Å². The molecule has 0 saturated heterocycles. The predicted molar refractivity (Wildman–Crippen MR) is 117 cm³/mol. The molecule has 2 rings (SSSR count). The fraction of sp³-hybridized carbons (Fsp3) is 0.318. The zero-order chi connectivity index (χ0) is 21.9. The first-order chi connectivity index (χ1) is 14.4. The second-order valence-electron chi connectivity index (χ2n) is 6.75. The second-order valence-corrected chi connectivity index (χ2v) is 6.75. The van der Waals surface area contributed by atoms with Gasteiger partial charge in [-0.2, -0.15) is 5.10 Å². The number of anilines is 1. The second kappa shape index (κ2) is 11.5. The van der Waals surface area contributed by atoms with E-state index in [4.69, 9.17) is 9.47 Å². The molecule has 0 atom stereocenters. The lowest BCUT2D eigenvalue weighted by atomic mass is 10.1. The van der Waals surface area contributed by atoms with Crippen molar-refractivity contribution in [2.24, 2.45) is 5.10 Å². The maximum absolute atomic E-state index is 11.9. The van der Waals surface area contributed by atoms with Crippen LogP contribution in [0, 0.1) is 0 Å². The highest BCUT2D eigenvalue weighted by atomic mass is 16.5. The van der Waals surface area contributed by atoms with Crippen molar-refractivity contribution in [2.75, 3.05) is 39.8 Å². The summed E-state index contributed by atoms with van der Waals surface area (Å²) in [6.45, 7) is 0.406. The molecule has 0 aliphatic rings. The third kappa shape index (κ3) is 7.12. The van der Waals surface area contributed by atoms with Gasteiger partial charge in [0.05, 0.1) is 20.4 Å². The standard InChI is InChI=1S/C22H28N4O4/c1-26(2)18-8-5-17(6-9-18)15-24-25-22(28)14-21(27)23-12-11-16-7-10-19(29-3)20(13-16)30-4/h5-10,13,15H,11-12,14H2,1-4H3,(H,23,27)(H,25,28)/b24-15-. The van der Waals surface area contributed by atoms with Gasteiger partial charge >= 0.3 is 0 Å². The van der Waals surface area contributed by atoms with Gasteiger partial charge in [-0.15, -0.1) is 0 Å². The summed E-state index contributed by atoms with van der Waals surface area (Å²) in [6.07, 6.45) is 1.85. The number of nitrogens with one attached hydrogen (secondary N) is 2. The van der Waals surface area contributed by atoms with Crippen molar-refractivity contribution in [1.29, 1.82) is 0 Å². The lowest BCUT2D eigenvalue weighted by Gasteiger charge is -2.11. The van der Waals surface area contributed by atoms with Gasteiger partial charge in [-0.25, -0.2) is 5.43 Å². The highest BCUT2D eigenvalue weighted by molar-refractivity contribution is 5.97. The van der Waals surface area contributed by atoms with E-state index >= 15 is 0 Å². The number of carbonyl (C=O) groups is 2. The van der Waals surface area contributed by atoms with E-state index in [1.165, 1.54) is 6.21 Å². The Labute approximate surface area is 176 Å². The Bertz CT molecular complexity index is 879. The van der Waals surface area contributed by atoms with Crippen LogP contribution in [0.1, 0.15) is 17.5 Å². The Balaban J connectivity index is 1.72. The Hall–Kier alpha value is -3.55. The zero-order valence-corrected chi connectivity index (χ0v) is 17.8. The molecule has 2 N–H and O–H groups in total. The number of benzene rings is 2. The molecule has 8 nitrogen and oxygen atoms in total. The number of carbonyl (C=O) groups excluding carboxylic acids is 2. The van der Waals surface area contributed by atoms with Gasteiger partial charge in [-0.3, -0.25) is 9.59 Å². The molecule has 2 aromatic carbocycles. The lowest BCUT2D eigenvalue weighted by Crippen LogP contribution is -2.31. The van der Waals surface area contributed by atoms with Crippen LogP contribution in [0.25, 0.3) is 0 Å². The number of nitrogens with zero attached hydrogens (tertiary/aromatic N) is 2. The van der Waals surface area contributed by atoms with Crippen LogP contribution in [0.2, 0.25) is 0 Å². The van der Waals surface area contributed by atoms with Crippen molar-refractivity contribution >= 4 is 23.7 Å². The molecular formula is C22H28N4O4. The van der Waals surface area contributed by atoms with Gasteiger partial charge in [0.15, 0.2) is 11.5 Å². The molecule has 0 fully saturated rings. The van der Waals surface area contributed by atoms with Gasteiger partial charge < -0.3 is 19.7 Å². The molecule has 160 valence electrons. The molecule has 8 heteroatoms. The van der Waals surface area contributed by atoms with E-state index in [2.05, 4.69) is 15.8 Å². The number of ether oxygens (including phenoxy) is 2. The summed E-state index contributed by atoms with van der Waals surface area (Å²) in [5.74, 6) is 0.448. The minimum atomic E-state index is -0.472. The van der Waals surface area contributed by atoms with Crippen LogP contribution < -0.4 is 25.1 Å². The Morgan fingerprint density at radius 3 is 2.33 bits per heavy atom. The largest absolute Gasteiger partial charge is 0.493 e. The van der Waals surface area contributed by atoms with Crippen LogP contribution in [0.3, 0.4) is 0 Å². The van der Waals surface area contributed by atoms with E-state index in [0.717, 1.165) is 16.8 Å². The van der Waals surface area contributed by atoms with E-state index in [1.807, 2.05) is 61.5 Å². The number of methoxy groups -OCH3 is 2. The number of amides is 2. The van der Waals surface area contributed by atoms with Crippen LogP contribution >= 0.6 is 0 Å². The zero-order valence-electron chi connectivity index (χ0n) is 17.8. The van der Waals surface area contributed by atoms with E-state index in [-0.39, 0.29) is 12.3 Å². The summed E-state index contributed by atoms with van der Waals surface area (Å²) in [4.78, 5) is 25.8. The molecule has 0 heterocycles. The third-order valence-corrected chi connectivity index (χ3v) is 4.32. The molecule has 2 aromatic rings. The van der Waals surface area contributed by atoms with Crippen LogP contribution in [0.15, 0.2) is 47.6 Å². The SMILES string of the molecule is COc1ccc(CCNC(=O)CC(=O)N/N=C\c2ccc(N(C)C)cc2)cc1OC. The maximum atomic E-state index is 11.9. The molecule has 0 bridgehead atoms. The normalized spacial score (nSPS) is 10.5. The topological polar surface area (TPSA) is 92.3 Å². The number of hydrogen-bond acceptors (Lipinski definition) is 6.